The summed E-state index contributed by atoms with van der Waals surface area (Å²) in [6.07, 6.45) is -0.568. The normalized spacial score (nSPS) is 22.2. The fourth-order valence-corrected chi connectivity index (χ4v) is 3.41. The summed E-state index contributed by atoms with van der Waals surface area (Å²) in [5.41, 5.74) is 2.08. The van der Waals surface area contributed by atoms with Crippen LogP contribution in [0.25, 0.3) is 0 Å². The molecular formula is C18H21Cl2NO2. The summed E-state index contributed by atoms with van der Waals surface area (Å²) >= 11 is 6.46. The summed E-state index contributed by atoms with van der Waals surface area (Å²) in [7, 11) is 0. The standard InChI is InChI=1S/C18H20ClNO2.ClH/c1-13(21)14-6-2-3-7-15(14)18(12-20-10-11-22-18)16-8-4-5-9-17(16)19;/h2-9,13,20-21H,10-12H2,1H3;1H. The lowest BCUT2D eigenvalue weighted by Gasteiger charge is -2.40. The third kappa shape index (κ3) is 3.39. The number of rotatable bonds is 3. The quantitative estimate of drug-likeness (QED) is 0.884. The van der Waals surface area contributed by atoms with Gasteiger partial charge in [0.1, 0.15) is 5.60 Å². The zero-order chi connectivity index (χ0) is 15.6. The minimum atomic E-state index is -0.676. The largest absolute Gasteiger partial charge is 0.389 e. The third-order valence-corrected chi connectivity index (χ3v) is 4.49. The van der Waals surface area contributed by atoms with Crippen molar-refractivity contribution in [2.45, 2.75) is 18.6 Å². The van der Waals surface area contributed by atoms with Gasteiger partial charge in [0.05, 0.1) is 12.7 Å². The van der Waals surface area contributed by atoms with Gasteiger partial charge >= 0.3 is 0 Å². The predicted octanol–water partition coefficient (Wildman–Crippen LogP) is 3.68. The molecule has 3 rings (SSSR count). The van der Waals surface area contributed by atoms with Gasteiger partial charge in [-0.15, -0.1) is 12.4 Å². The number of nitrogens with one attached hydrogen (secondary N) is 1. The van der Waals surface area contributed by atoms with Gasteiger partial charge in [0.2, 0.25) is 0 Å². The van der Waals surface area contributed by atoms with Crippen molar-refractivity contribution in [1.29, 1.82) is 0 Å². The molecule has 2 aromatic rings. The van der Waals surface area contributed by atoms with Gasteiger partial charge in [-0.1, -0.05) is 54.1 Å². The van der Waals surface area contributed by atoms with E-state index in [0.717, 1.165) is 23.2 Å². The monoisotopic (exact) mass is 353 g/mol. The van der Waals surface area contributed by atoms with Crippen LogP contribution in [-0.4, -0.2) is 24.8 Å². The van der Waals surface area contributed by atoms with Crippen LogP contribution in [0.3, 0.4) is 0 Å². The number of ether oxygens (including phenoxy) is 1. The van der Waals surface area contributed by atoms with Crippen molar-refractivity contribution in [3.63, 3.8) is 0 Å². The van der Waals surface area contributed by atoms with E-state index in [2.05, 4.69) is 5.32 Å². The van der Waals surface area contributed by atoms with Crippen LogP contribution in [0.5, 0.6) is 0 Å². The first kappa shape index (κ1) is 18.2. The molecule has 1 heterocycles. The first-order chi connectivity index (χ1) is 10.6. The maximum Gasteiger partial charge on any atom is 0.132 e. The fraction of sp³-hybridized carbons (Fsp3) is 0.333. The molecule has 124 valence electrons. The molecule has 0 saturated carbocycles. The SMILES string of the molecule is CC(O)c1ccccc1C1(c2ccccc2Cl)CNCCO1.Cl. The molecule has 23 heavy (non-hydrogen) atoms. The maximum atomic E-state index is 10.2. The van der Waals surface area contributed by atoms with Crippen LogP contribution < -0.4 is 5.32 Å². The first-order valence-corrected chi connectivity index (χ1v) is 7.90. The second kappa shape index (κ2) is 7.65. The first-order valence-electron chi connectivity index (χ1n) is 7.52. The van der Waals surface area contributed by atoms with E-state index in [4.69, 9.17) is 16.3 Å². The van der Waals surface area contributed by atoms with Crippen LogP contribution in [-0.2, 0) is 10.3 Å². The number of aliphatic hydroxyl groups is 1. The summed E-state index contributed by atoms with van der Waals surface area (Å²) < 4.78 is 6.25. The van der Waals surface area contributed by atoms with Crippen molar-refractivity contribution in [1.82, 2.24) is 5.32 Å². The fourth-order valence-electron chi connectivity index (χ4n) is 3.12. The Balaban J connectivity index is 0.00000192. The molecule has 0 aliphatic carbocycles. The molecule has 0 bridgehead atoms. The summed E-state index contributed by atoms with van der Waals surface area (Å²) in [5.74, 6) is 0. The van der Waals surface area contributed by atoms with Crippen molar-refractivity contribution in [3.05, 3.63) is 70.2 Å². The second-order valence-electron chi connectivity index (χ2n) is 5.60. The van der Waals surface area contributed by atoms with Crippen LogP contribution in [0, 0.1) is 0 Å². The van der Waals surface area contributed by atoms with Crippen molar-refractivity contribution in [2.24, 2.45) is 0 Å². The number of hydrogen-bond acceptors (Lipinski definition) is 3. The average molecular weight is 354 g/mol. The van der Waals surface area contributed by atoms with Gasteiger partial charge in [-0.3, -0.25) is 0 Å². The number of halogens is 2. The zero-order valence-electron chi connectivity index (χ0n) is 13.0. The Kier molecular flexibility index (Phi) is 6.06. The van der Waals surface area contributed by atoms with E-state index < -0.39 is 11.7 Å². The third-order valence-electron chi connectivity index (χ3n) is 4.16. The summed E-state index contributed by atoms with van der Waals surface area (Å²) in [6.45, 7) is 3.80. The van der Waals surface area contributed by atoms with Gasteiger partial charge in [-0.25, -0.2) is 0 Å². The van der Waals surface area contributed by atoms with Gasteiger partial charge in [-0.05, 0) is 24.1 Å². The molecule has 0 spiro atoms. The predicted molar refractivity (Wildman–Crippen MR) is 95.4 cm³/mol. The Morgan fingerprint density at radius 2 is 1.78 bits per heavy atom. The molecule has 1 aliphatic heterocycles. The van der Waals surface area contributed by atoms with Crippen LogP contribution in [0.15, 0.2) is 48.5 Å². The van der Waals surface area contributed by atoms with Crippen molar-refractivity contribution in [3.8, 4) is 0 Å². The molecule has 5 heteroatoms. The Hall–Kier alpha value is -1.10. The molecule has 0 radical (unpaired) electrons. The molecule has 1 aliphatic rings. The highest BCUT2D eigenvalue weighted by Gasteiger charge is 2.40. The molecule has 2 unspecified atom stereocenters. The van der Waals surface area contributed by atoms with Crippen molar-refractivity contribution < 1.29 is 9.84 Å². The molecule has 2 N–H and O–H groups in total. The van der Waals surface area contributed by atoms with E-state index in [9.17, 15) is 5.11 Å². The molecule has 3 nitrogen and oxygen atoms in total. The lowest BCUT2D eigenvalue weighted by molar-refractivity contribution is -0.0419. The van der Waals surface area contributed by atoms with Crippen LogP contribution in [0.2, 0.25) is 5.02 Å². The van der Waals surface area contributed by atoms with Crippen LogP contribution in [0.4, 0.5) is 0 Å². The Morgan fingerprint density at radius 3 is 2.39 bits per heavy atom. The molecular weight excluding hydrogens is 333 g/mol. The van der Waals surface area contributed by atoms with E-state index in [1.807, 2.05) is 48.5 Å². The summed E-state index contributed by atoms with van der Waals surface area (Å²) in [5, 5.41) is 14.2. The Morgan fingerprint density at radius 1 is 1.13 bits per heavy atom. The molecule has 0 amide bonds. The highest BCUT2D eigenvalue weighted by Crippen LogP contribution is 2.41. The van der Waals surface area contributed by atoms with Gasteiger partial charge in [0.15, 0.2) is 0 Å². The molecule has 1 fully saturated rings. The highest BCUT2D eigenvalue weighted by atomic mass is 35.5. The van der Waals surface area contributed by atoms with E-state index in [1.54, 1.807) is 6.92 Å². The topological polar surface area (TPSA) is 41.5 Å². The highest BCUT2D eigenvalue weighted by molar-refractivity contribution is 6.31. The van der Waals surface area contributed by atoms with Gasteiger partial charge in [-0.2, -0.15) is 0 Å². The smallest absolute Gasteiger partial charge is 0.132 e. The summed E-state index contributed by atoms with van der Waals surface area (Å²) in [6, 6.07) is 15.6. The minimum absolute atomic E-state index is 0. The van der Waals surface area contributed by atoms with Gasteiger partial charge in [0, 0.05) is 23.7 Å². The van der Waals surface area contributed by atoms with Crippen molar-refractivity contribution in [2.75, 3.05) is 19.7 Å². The van der Waals surface area contributed by atoms with E-state index in [1.165, 1.54) is 0 Å². The minimum Gasteiger partial charge on any atom is -0.389 e. The van der Waals surface area contributed by atoms with Gasteiger partial charge in [0.25, 0.3) is 0 Å². The van der Waals surface area contributed by atoms with Crippen molar-refractivity contribution >= 4 is 24.0 Å². The lowest BCUT2D eigenvalue weighted by Crippen LogP contribution is -2.49. The zero-order valence-corrected chi connectivity index (χ0v) is 14.5. The van der Waals surface area contributed by atoms with E-state index >= 15 is 0 Å². The average Bonchev–Trinajstić information content (AvgIpc) is 2.56. The molecule has 0 aromatic heterocycles. The number of aliphatic hydroxyl groups excluding tert-OH is 1. The van der Waals surface area contributed by atoms with Crippen LogP contribution in [0.1, 0.15) is 29.7 Å². The Labute approximate surface area is 148 Å². The lowest BCUT2D eigenvalue weighted by atomic mass is 9.81. The number of hydrogen-bond donors (Lipinski definition) is 2. The molecule has 2 aromatic carbocycles. The summed E-state index contributed by atoms with van der Waals surface area (Å²) in [4.78, 5) is 0. The number of morpholine rings is 1. The number of benzene rings is 2. The maximum absolute atomic E-state index is 10.2. The van der Waals surface area contributed by atoms with Crippen LogP contribution >= 0.6 is 24.0 Å². The van der Waals surface area contributed by atoms with E-state index in [0.29, 0.717) is 18.2 Å². The van der Waals surface area contributed by atoms with Gasteiger partial charge < -0.3 is 15.2 Å². The molecule has 1 saturated heterocycles. The van der Waals surface area contributed by atoms with E-state index in [-0.39, 0.29) is 12.4 Å². The Bertz CT molecular complexity index is 655. The second-order valence-corrected chi connectivity index (χ2v) is 6.00. The molecule has 2 atom stereocenters.